The van der Waals surface area contributed by atoms with Crippen LogP contribution in [0.2, 0.25) is 0 Å². The number of ether oxygens (including phenoxy) is 1. The normalized spacial score (nSPS) is 22.1. The first kappa shape index (κ1) is 20.6. The Bertz CT molecular complexity index is 712. The van der Waals surface area contributed by atoms with Crippen LogP contribution in [0, 0.1) is 22.0 Å². The quantitative estimate of drug-likeness (QED) is 0.354. The molecule has 1 aromatic rings. The van der Waals surface area contributed by atoms with Gasteiger partial charge in [0.25, 0.3) is 5.69 Å². The Labute approximate surface area is 167 Å². The molecule has 154 valence electrons. The van der Waals surface area contributed by atoms with E-state index in [0.717, 1.165) is 30.6 Å². The predicted octanol–water partition coefficient (Wildman–Crippen LogP) is 5.06. The summed E-state index contributed by atoms with van der Waals surface area (Å²) >= 11 is 0. The second-order valence-corrected chi connectivity index (χ2v) is 8.54. The van der Waals surface area contributed by atoms with Crippen molar-refractivity contribution >= 4 is 17.3 Å². The molecule has 2 aliphatic rings. The number of hydrogen-bond donors (Lipinski definition) is 0. The second kappa shape index (κ2) is 8.93. The van der Waals surface area contributed by atoms with E-state index in [1.165, 1.54) is 19.3 Å². The Kier molecular flexibility index (Phi) is 6.57. The molecule has 0 amide bonds. The van der Waals surface area contributed by atoms with E-state index in [2.05, 4.69) is 18.7 Å². The Morgan fingerprint density at radius 1 is 1.29 bits per heavy atom. The maximum absolute atomic E-state index is 11.9. The minimum atomic E-state index is -0.267. The largest absolute Gasteiger partial charge is 0.466 e. The Morgan fingerprint density at radius 2 is 2.00 bits per heavy atom. The van der Waals surface area contributed by atoms with Gasteiger partial charge in [-0.3, -0.25) is 14.9 Å². The summed E-state index contributed by atoms with van der Waals surface area (Å²) in [5.74, 6) is 0.122. The van der Waals surface area contributed by atoms with Crippen LogP contribution in [0.1, 0.15) is 70.8 Å². The van der Waals surface area contributed by atoms with E-state index >= 15 is 0 Å². The molecule has 1 aromatic carbocycles. The zero-order valence-electron chi connectivity index (χ0n) is 17.2. The Hall–Kier alpha value is -2.11. The average Bonchev–Trinajstić information content (AvgIpc) is 3.47. The molecule has 0 radical (unpaired) electrons. The van der Waals surface area contributed by atoms with Crippen molar-refractivity contribution in [3.63, 3.8) is 0 Å². The molecule has 2 aliphatic carbocycles. The highest BCUT2D eigenvalue weighted by Gasteiger charge is 2.46. The van der Waals surface area contributed by atoms with Crippen molar-refractivity contribution in [1.82, 2.24) is 0 Å². The van der Waals surface area contributed by atoms with Gasteiger partial charge in [0.15, 0.2) is 0 Å². The van der Waals surface area contributed by atoms with Crippen molar-refractivity contribution in [3.05, 3.63) is 33.9 Å². The van der Waals surface area contributed by atoms with Gasteiger partial charge in [0, 0.05) is 18.7 Å². The molecule has 0 N–H and O–H groups in total. The standard InChI is InChI=1S/C22H32N2O4/c1-4-28-22(25)19-13-18(19)16-10-11-20(21(12-16)24(26)27)23(14-15(2)3)17-8-6-5-7-9-17/h10-12,15,17-19H,4-9,13-14H2,1-3H3/t18-,19-/m0/s1. The number of nitro groups is 1. The van der Waals surface area contributed by atoms with Crippen LogP contribution in [0.4, 0.5) is 11.4 Å². The van der Waals surface area contributed by atoms with Gasteiger partial charge in [-0.2, -0.15) is 0 Å². The summed E-state index contributed by atoms with van der Waals surface area (Å²) in [5, 5.41) is 11.9. The first-order valence-corrected chi connectivity index (χ1v) is 10.6. The summed E-state index contributed by atoms with van der Waals surface area (Å²) in [6.07, 6.45) is 6.54. The lowest BCUT2D eigenvalue weighted by molar-refractivity contribution is -0.384. The first-order valence-electron chi connectivity index (χ1n) is 10.6. The molecular formula is C22H32N2O4. The molecule has 2 fully saturated rings. The van der Waals surface area contributed by atoms with Crippen LogP contribution in [-0.4, -0.2) is 30.1 Å². The van der Waals surface area contributed by atoms with E-state index in [-0.39, 0.29) is 28.4 Å². The highest BCUT2D eigenvalue weighted by Crippen LogP contribution is 2.50. The molecule has 6 nitrogen and oxygen atoms in total. The number of hydrogen-bond acceptors (Lipinski definition) is 5. The third kappa shape index (κ3) is 4.65. The van der Waals surface area contributed by atoms with Crippen LogP contribution in [0.5, 0.6) is 0 Å². The van der Waals surface area contributed by atoms with Crippen molar-refractivity contribution in [2.24, 2.45) is 11.8 Å². The molecule has 0 spiro atoms. The molecule has 6 heteroatoms. The maximum atomic E-state index is 11.9. The van der Waals surface area contributed by atoms with Gasteiger partial charge < -0.3 is 9.64 Å². The smallest absolute Gasteiger partial charge is 0.309 e. The summed E-state index contributed by atoms with van der Waals surface area (Å²) < 4.78 is 5.10. The van der Waals surface area contributed by atoms with Crippen molar-refractivity contribution in [1.29, 1.82) is 0 Å². The van der Waals surface area contributed by atoms with Gasteiger partial charge in [0.05, 0.1) is 17.4 Å². The van der Waals surface area contributed by atoms with Gasteiger partial charge in [-0.05, 0) is 49.7 Å². The zero-order chi connectivity index (χ0) is 20.3. The van der Waals surface area contributed by atoms with Gasteiger partial charge in [0.2, 0.25) is 0 Å². The molecule has 3 rings (SSSR count). The van der Waals surface area contributed by atoms with Crippen molar-refractivity contribution in [3.8, 4) is 0 Å². The van der Waals surface area contributed by atoms with Crippen LogP contribution >= 0.6 is 0 Å². The van der Waals surface area contributed by atoms with Crippen molar-refractivity contribution in [2.75, 3.05) is 18.1 Å². The monoisotopic (exact) mass is 388 g/mol. The van der Waals surface area contributed by atoms with Crippen molar-refractivity contribution < 1.29 is 14.5 Å². The number of benzene rings is 1. The van der Waals surface area contributed by atoms with Crippen LogP contribution in [0.15, 0.2) is 18.2 Å². The molecule has 0 heterocycles. The molecule has 0 bridgehead atoms. The van der Waals surface area contributed by atoms with Crippen LogP contribution < -0.4 is 4.90 Å². The van der Waals surface area contributed by atoms with Gasteiger partial charge in [0.1, 0.15) is 5.69 Å². The molecule has 0 aromatic heterocycles. The summed E-state index contributed by atoms with van der Waals surface area (Å²) in [5.41, 5.74) is 1.77. The topological polar surface area (TPSA) is 72.7 Å². The molecular weight excluding hydrogens is 356 g/mol. The van der Waals surface area contributed by atoms with Gasteiger partial charge in [-0.15, -0.1) is 0 Å². The third-order valence-electron chi connectivity index (χ3n) is 5.89. The second-order valence-electron chi connectivity index (χ2n) is 8.54. The Morgan fingerprint density at radius 3 is 2.61 bits per heavy atom. The SMILES string of the molecule is CCOC(=O)[C@H]1C[C@H]1c1ccc(N(CC(C)C)C2CCCCC2)c([N+](=O)[O-])c1. The number of esters is 1. The fourth-order valence-electron chi connectivity index (χ4n) is 4.46. The van der Waals surface area contributed by atoms with Gasteiger partial charge >= 0.3 is 5.97 Å². The highest BCUT2D eigenvalue weighted by molar-refractivity contribution is 5.78. The zero-order valence-corrected chi connectivity index (χ0v) is 17.2. The minimum Gasteiger partial charge on any atom is -0.466 e. The fraction of sp³-hybridized carbons (Fsp3) is 0.682. The molecule has 0 saturated heterocycles. The third-order valence-corrected chi connectivity index (χ3v) is 5.89. The van der Waals surface area contributed by atoms with Crippen LogP contribution in [-0.2, 0) is 9.53 Å². The number of nitrogens with zero attached hydrogens (tertiary/aromatic N) is 2. The molecule has 0 unspecified atom stereocenters. The number of anilines is 1. The summed E-state index contributed by atoms with van der Waals surface area (Å²) in [6, 6.07) is 5.94. The van der Waals surface area contributed by atoms with Crippen LogP contribution in [0.25, 0.3) is 0 Å². The van der Waals surface area contributed by atoms with Gasteiger partial charge in [-0.25, -0.2) is 0 Å². The van der Waals surface area contributed by atoms with E-state index < -0.39 is 0 Å². The predicted molar refractivity (Wildman–Crippen MR) is 110 cm³/mol. The van der Waals surface area contributed by atoms with Gasteiger partial charge in [-0.1, -0.05) is 39.2 Å². The Balaban J connectivity index is 1.87. The van der Waals surface area contributed by atoms with E-state index in [4.69, 9.17) is 4.74 Å². The summed E-state index contributed by atoms with van der Waals surface area (Å²) in [6.45, 7) is 7.30. The lowest BCUT2D eigenvalue weighted by Crippen LogP contribution is -2.39. The van der Waals surface area contributed by atoms with E-state index in [9.17, 15) is 14.9 Å². The average molecular weight is 389 g/mol. The molecule has 2 atom stereocenters. The highest BCUT2D eigenvalue weighted by atomic mass is 16.6. The van der Waals surface area contributed by atoms with Crippen molar-refractivity contribution in [2.45, 2.75) is 71.3 Å². The maximum Gasteiger partial charge on any atom is 0.309 e. The molecule has 2 saturated carbocycles. The van der Waals surface area contributed by atoms with E-state index in [0.29, 0.717) is 25.0 Å². The number of carbonyl (C=O) groups excluding carboxylic acids is 1. The molecule has 28 heavy (non-hydrogen) atoms. The first-order chi connectivity index (χ1) is 13.4. The lowest BCUT2D eigenvalue weighted by Gasteiger charge is -2.37. The number of rotatable bonds is 8. The summed E-state index contributed by atoms with van der Waals surface area (Å²) in [4.78, 5) is 25.8. The van der Waals surface area contributed by atoms with E-state index in [1.807, 2.05) is 12.1 Å². The number of nitro benzene ring substituents is 1. The van der Waals surface area contributed by atoms with E-state index in [1.54, 1.807) is 13.0 Å². The lowest BCUT2D eigenvalue weighted by atomic mass is 9.92. The number of carbonyl (C=O) groups is 1. The minimum absolute atomic E-state index is 0.0417. The summed E-state index contributed by atoms with van der Waals surface area (Å²) in [7, 11) is 0. The molecule has 0 aliphatic heterocycles. The fourth-order valence-corrected chi connectivity index (χ4v) is 4.46. The van der Waals surface area contributed by atoms with Crippen LogP contribution in [0.3, 0.4) is 0 Å².